The molecular formula is C7H14N2OS. The maximum absolute atomic E-state index is 9.04. The van der Waals surface area contributed by atoms with Crippen LogP contribution in [0.4, 0.5) is 0 Å². The molecule has 0 bridgehead atoms. The molecule has 0 saturated carbocycles. The minimum Gasteiger partial charge on any atom is -0.390 e. The fraction of sp³-hybridized carbons (Fsp3) is 1.00. The first kappa shape index (κ1) is 7.86. The van der Waals surface area contributed by atoms with E-state index >= 15 is 0 Å². The van der Waals surface area contributed by atoms with E-state index in [-0.39, 0.29) is 6.10 Å². The van der Waals surface area contributed by atoms with E-state index in [4.69, 9.17) is 5.11 Å². The average Bonchev–Trinajstić information content (AvgIpc) is 1.81. The highest BCUT2D eigenvalue weighted by Gasteiger charge is 2.37. The number of likely N-dealkylation sites (tertiary alicyclic amines) is 2. The minimum atomic E-state index is -0.0555. The summed E-state index contributed by atoms with van der Waals surface area (Å²) < 4.78 is 0. The van der Waals surface area contributed by atoms with Gasteiger partial charge in [-0.25, -0.2) is 0 Å². The van der Waals surface area contributed by atoms with Crippen LogP contribution in [0.15, 0.2) is 0 Å². The monoisotopic (exact) mass is 174 g/mol. The third-order valence-electron chi connectivity index (χ3n) is 2.54. The zero-order valence-corrected chi connectivity index (χ0v) is 7.37. The van der Waals surface area contributed by atoms with Crippen LogP contribution in [-0.2, 0) is 0 Å². The predicted octanol–water partition coefficient (Wildman–Crippen LogP) is -0.766. The summed E-state index contributed by atoms with van der Waals surface area (Å²) in [5, 5.41) is 9.04. The third-order valence-corrected chi connectivity index (χ3v) is 2.94. The van der Waals surface area contributed by atoms with E-state index < -0.39 is 0 Å². The van der Waals surface area contributed by atoms with Crippen molar-refractivity contribution in [2.24, 2.45) is 0 Å². The molecule has 0 spiro atoms. The van der Waals surface area contributed by atoms with Crippen LogP contribution in [0.5, 0.6) is 0 Å². The lowest BCUT2D eigenvalue weighted by Crippen LogP contribution is -2.66. The summed E-state index contributed by atoms with van der Waals surface area (Å²) in [5.74, 6) is 0.868. The summed E-state index contributed by atoms with van der Waals surface area (Å²) in [7, 11) is 0. The second-order valence-corrected chi connectivity index (χ2v) is 3.72. The molecule has 1 N–H and O–H groups in total. The standard InChI is InChI=1S/C7H14N2OS/c10-7-3-9(4-7)6-1-8(2-6)5-11/h6-7,10-11H,1-5H2. The molecule has 2 heterocycles. The molecule has 0 aromatic rings. The van der Waals surface area contributed by atoms with Gasteiger partial charge in [0.1, 0.15) is 0 Å². The summed E-state index contributed by atoms with van der Waals surface area (Å²) in [4.78, 5) is 4.63. The highest BCUT2D eigenvalue weighted by Crippen LogP contribution is 2.20. The van der Waals surface area contributed by atoms with Gasteiger partial charge < -0.3 is 5.11 Å². The second-order valence-electron chi connectivity index (χ2n) is 3.44. The average molecular weight is 174 g/mol. The van der Waals surface area contributed by atoms with Crippen molar-refractivity contribution in [2.75, 3.05) is 32.1 Å². The maximum Gasteiger partial charge on any atom is 0.0794 e. The molecule has 2 fully saturated rings. The molecule has 2 saturated heterocycles. The molecule has 11 heavy (non-hydrogen) atoms. The Balaban J connectivity index is 1.67. The van der Waals surface area contributed by atoms with Crippen molar-refractivity contribution in [3.8, 4) is 0 Å². The van der Waals surface area contributed by atoms with Crippen molar-refractivity contribution in [1.82, 2.24) is 9.80 Å². The summed E-state index contributed by atoms with van der Waals surface area (Å²) in [6.45, 7) is 4.03. The molecule has 0 amide bonds. The lowest BCUT2D eigenvalue weighted by Gasteiger charge is -2.50. The van der Waals surface area contributed by atoms with Gasteiger partial charge in [-0.3, -0.25) is 9.80 Å². The fourth-order valence-electron chi connectivity index (χ4n) is 1.68. The molecule has 2 rings (SSSR count). The van der Waals surface area contributed by atoms with Gasteiger partial charge >= 0.3 is 0 Å². The molecule has 3 nitrogen and oxygen atoms in total. The number of rotatable bonds is 2. The molecular weight excluding hydrogens is 160 g/mol. The molecule has 64 valence electrons. The van der Waals surface area contributed by atoms with E-state index in [2.05, 4.69) is 22.4 Å². The number of aliphatic hydroxyl groups excluding tert-OH is 1. The van der Waals surface area contributed by atoms with Crippen molar-refractivity contribution in [1.29, 1.82) is 0 Å². The Morgan fingerprint density at radius 1 is 1.27 bits per heavy atom. The Hall–Kier alpha value is 0.230. The maximum atomic E-state index is 9.04. The van der Waals surface area contributed by atoms with Gasteiger partial charge in [-0.05, 0) is 0 Å². The van der Waals surface area contributed by atoms with Gasteiger partial charge in [-0.2, -0.15) is 12.6 Å². The number of hydrogen-bond donors (Lipinski definition) is 2. The van der Waals surface area contributed by atoms with Crippen LogP contribution in [0, 0.1) is 0 Å². The smallest absolute Gasteiger partial charge is 0.0794 e. The van der Waals surface area contributed by atoms with E-state index in [9.17, 15) is 0 Å². The molecule has 0 atom stereocenters. The van der Waals surface area contributed by atoms with Crippen molar-refractivity contribution < 1.29 is 5.11 Å². The van der Waals surface area contributed by atoms with E-state index in [1.54, 1.807) is 0 Å². The Labute approximate surface area is 72.4 Å². The summed E-state index contributed by atoms with van der Waals surface area (Å²) in [6.07, 6.45) is -0.0555. The molecule has 0 unspecified atom stereocenters. The van der Waals surface area contributed by atoms with Crippen LogP contribution in [-0.4, -0.2) is 59.1 Å². The van der Waals surface area contributed by atoms with Gasteiger partial charge in [0, 0.05) is 38.1 Å². The molecule has 2 aliphatic rings. The number of aliphatic hydroxyl groups is 1. The molecule has 4 heteroatoms. The van der Waals surface area contributed by atoms with Crippen molar-refractivity contribution in [2.45, 2.75) is 12.1 Å². The normalized spacial score (nSPS) is 30.0. The number of nitrogens with zero attached hydrogens (tertiary/aromatic N) is 2. The topological polar surface area (TPSA) is 26.7 Å². The molecule has 0 aromatic heterocycles. The van der Waals surface area contributed by atoms with Gasteiger partial charge in [-0.15, -0.1) is 0 Å². The van der Waals surface area contributed by atoms with Crippen LogP contribution in [0.2, 0.25) is 0 Å². The third kappa shape index (κ3) is 1.40. The van der Waals surface area contributed by atoms with E-state index in [1.165, 1.54) is 0 Å². The van der Waals surface area contributed by atoms with Gasteiger partial charge in [0.2, 0.25) is 0 Å². The molecule has 2 aliphatic heterocycles. The Kier molecular flexibility index (Phi) is 2.10. The van der Waals surface area contributed by atoms with Crippen molar-refractivity contribution in [3.05, 3.63) is 0 Å². The molecule has 0 aliphatic carbocycles. The van der Waals surface area contributed by atoms with E-state index in [0.29, 0.717) is 6.04 Å². The first-order valence-electron chi connectivity index (χ1n) is 4.05. The van der Waals surface area contributed by atoms with Gasteiger partial charge in [0.05, 0.1) is 6.10 Å². The van der Waals surface area contributed by atoms with Crippen molar-refractivity contribution in [3.63, 3.8) is 0 Å². The second kappa shape index (κ2) is 2.94. The highest BCUT2D eigenvalue weighted by molar-refractivity contribution is 7.80. The van der Waals surface area contributed by atoms with Gasteiger partial charge in [-0.1, -0.05) is 0 Å². The Bertz CT molecular complexity index is 143. The predicted molar refractivity (Wildman–Crippen MR) is 46.8 cm³/mol. The lowest BCUT2D eigenvalue weighted by molar-refractivity contribution is -0.0657. The van der Waals surface area contributed by atoms with Gasteiger partial charge in [0.25, 0.3) is 0 Å². The first-order chi connectivity index (χ1) is 5.29. The van der Waals surface area contributed by atoms with Crippen LogP contribution < -0.4 is 0 Å². The highest BCUT2D eigenvalue weighted by atomic mass is 32.1. The number of β-amino-alcohol motifs (C(OH)–C–C–N with tert-alkyl or cyclic N) is 1. The van der Waals surface area contributed by atoms with Crippen LogP contribution >= 0.6 is 12.6 Å². The number of hydrogen-bond acceptors (Lipinski definition) is 4. The fourth-order valence-corrected chi connectivity index (χ4v) is 1.91. The zero-order chi connectivity index (χ0) is 7.84. The van der Waals surface area contributed by atoms with Gasteiger partial charge in [0.15, 0.2) is 0 Å². The first-order valence-corrected chi connectivity index (χ1v) is 4.68. The Morgan fingerprint density at radius 3 is 2.36 bits per heavy atom. The largest absolute Gasteiger partial charge is 0.390 e. The minimum absolute atomic E-state index is 0.0555. The van der Waals surface area contributed by atoms with Crippen LogP contribution in [0.25, 0.3) is 0 Å². The van der Waals surface area contributed by atoms with Crippen molar-refractivity contribution >= 4 is 12.6 Å². The number of thiol groups is 1. The van der Waals surface area contributed by atoms with Crippen LogP contribution in [0.1, 0.15) is 0 Å². The van der Waals surface area contributed by atoms with E-state index in [1.807, 2.05) is 0 Å². The SMILES string of the molecule is OC1CN(C2CN(CS)C2)C1. The quantitative estimate of drug-likeness (QED) is 0.538. The summed E-state index contributed by atoms with van der Waals surface area (Å²) >= 11 is 4.18. The van der Waals surface area contributed by atoms with Crippen LogP contribution in [0.3, 0.4) is 0 Å². The lowest BCUT2D eigenvalue weighted by atomic mass is 10.0. The van der Waals surface area contributed by atoms with E-state index in [0.717, 1.165) is 32.1 Å². The summed E-state index contributed by atoms with van der Waals surface area (Å²) in [6, 6.07) is 0.700. The Morgan fingerprint density at radius 2 is 1.91 bits per heavy atom. The summed E-state index contributed by atoms with van der Waals surface area (Å²) in [5.41, 5.74) is 0. The molecule has 0 aromatic carbocycles. The zero-order valence-electron chi connectivity index (χ0n) is 6.48. The molecule has 0 radical (unpaired) electrons.